The minimum Gasteiger partial charge on any atom is -0.493 e. The summed E-state index contributed by atoms with van der Waals surface area (Å²) in [5.41, 5.74) is 8.27. The smallest absolute Gasteiger partial charge is 0.339 e. The van der Waals surface area contributed by atoms with Gasteiger partial charge in [-0.25, -0.2) is 4.79 Å². The van der Waals surface area contributed by atoms with Crippen LogP contribution in [-0.4, -0.2) is 18.2 Å². The van der Waals surface area contributed by atoms with E-state index in [2.05, 4.69) is 19.9 Å². The molecule has 0 aliphatic rings. The van der Waals surface area contributed by atoms with Crippen molar-refractivity contribution in [3.05, 3.63) is 83.9 Å². The molecule has 6 heteroatoms. The molecule has 38 heavy (non-hydrogen) atoms. The number of carbonyl (C=O) groups is 1. The van der Waals surface area contributed by atoms with Crippen LogP contribution in [0, 0.1) is 17.2 Å². The molecule has 0 aromatic heterocycles. The molecule has 4 rings (SSSR count). The molecule has 6 nitrogen and oxygen atoms in total. The summed E-state index contributed by atoms with van der Waals surface area (Å²) >= 11 is 0. The van der Waals surface area contributed by atoms with Gasteiger partial charge >= 0.3 is 5.97 Å². The number of nitrogen functional groups attached to an aromatic ring is 1. The summed E-state index contributed by atoms with van der Waals surface area (Å²) in [5, 5.41) is 11.1. The number of nitrogens with zero attached hydrogens (tertiary/aromatic N) is 1. The van der Waals surface area contributed by atoms with E-state index in [0.29, 0.717) is 57.7 Å². The van der Waals surface area contributed by atoms with E-state index < -0.39 is 11.6 Å². The van der Waals surface area contributed by atoms with Gasteiger partial charge in [-0.15, -0.1) is 0 Å². The first-order valence-corrected chi connectivity index (χ1v) is 12.5. The van der Waals surface area contributed by atoms with Crippen molar-refractivity contribution in [2.24, 2.45) is 5.92 Å². The Labute approximate surface area is 223 Å². The Kier molecular flexibility index (Phi) is 7.59. The van der Waals surface area contributed by atoms with Crippen LogP contribution in [0.5, 0.6) is 17.2 Å². The van der Waals surface area contributed by atoms with Gasteiger partial charge in [0.2, 0.25) is 0 Å². The third-order valence-corrected chi connectivity index (χ3v) is 5.66. The molecule has 0 aliphatic carbocycles. The number of rotatable bonds is 7. The van der Waals surface area contributed by atoms with Crippen LogP contribution in [0.15, 0.2) is 72.8 Å². The van der Waals surface area contributed by atoms with Gasteiger partial charge in [0.1, 0.15) is 22.8 Å². The predicted molar refractivity (Wildman–Crippen MR) is 151 cm³/mol. The highest BCUT2D eigenvalue weighted by Crippen LogP contribution is 2.39. The van der Waals surface area contributed by atoms with E-state index in [4.69, 9.17) is 19.9 Å². The van der Waals surface area contributed by atoms with E-state index in [0.717, 1.165) is 10.8 Å². The Bertz CT molecular complexity index is 1530. The zero-order valence-corrected chi connectivity index (χ0v) is 22.4. The summed E-state index contributed by atoms with van der Waals surface area (Å²) < 4.78 is 18.0. The summed E-state index contributed by atoms with van der Waals surface area (Å²) in [6, 6.07) is 24.0. The summed E-state index contributed by atoms with van der Waals surface area (Å²) in [6.07, 6.45) is 0. The molecule has 0 unspecified atom stereocenters. The molecular formula is C32H32N2O4. The summed E-state index contributed by atoms with van der Waals surface area (Å²) in [6.45, 7) is 10.1. The van der Waals surface area contributed by atoms with Gasteiger partial charge in [-0.2, -0.15) is 5.26 Å². The van der Waals surface area contributed by atoms with Gasteiger partial charge in [0.15, 0.2) is 0 Å². The van der Waals surface area contributed by atoms with Gasteiger partial charge in [0.05, 0.1) is 23.8 Å². The molecule has 0 saturated carbocycles. The van der Waals surface area contributed by atoms with Crippen LogP contribution in [0.1, 0.15) is 50.5 Å². The van der Waals surface area contributed by atoms with E-state index in [-0.39, 0.29) is 0 Å². The molecule has 0 spiro atoms. The van der Waals surface area contributed by atoms with Gasteiger partial charge in [0, 0.05) is 16.8 Å². The van der Waals surface area contributed by atoms with Gasteiger partial charge in [-0.1, -0.05) is 26.0 Å². The topological polar surface area (TPSA) is 94.6 Å². The van der Waals surface area contributed by atoms with Crippen LogP contribution in [0.3, 0.4) is 0 Å². The third-order valence-electron chi connectivity index (χ3n) is 5.66. The van der Waals surface area contributed by atoms with Crippen LogP contribution in [0.2, 0.25) is 0 Å². The maximum atomic E-state index is 13.3. The lowest BCUT2D eigenvalue weighted by Crippen LogP contribution is -2.24. The second-order valence-electron chi connectivity index (χ2n) is 10.6. The number of fused-ring (bicyclic) bond motifs is 1. The zero-order valence-electron chi connectivity index (χ0n) is 22.4. The number of benzene rings is 4. The van der Waals surface area contributed by atoms with Crippen LogP contribution >= 0.6 is 0 Å². The molecule has 0 fully saturated rings. The molecule has 0 amide bonds. The molecule has 0 bridgehead atoms. The van der Waals surface area contributed by atoms with Crippen molar-refractivity contribution >= 4 is 22.4 Å². The standard InChI is InChI=1S/C32H32N2O4/c1-20(2)19-36-25-11-12-27(29(17-25)31(35)38-32(3,4)5)28-16-24(34)9-13-30(28)37-26-10-8-22-14-21(18-33)6-7-23(22)15-26/h6-17,20H,19,34H2,1-5H3. The Morgan fingerprint density at radius 2 is 1.61 bits per heavy atom. The molecule has 4 aromatic rings. The fraction of sp³-hybridized carbons (Fsp3) is 0.250. The summed E-state index contributed by atoms with van der Waals surface area (Å²) in [5.74, 6) is 1.61. The van der Waals surface area contributed by atoms with E-state index >= 15 is 0 Å². The minimum absolute atomic E-state index is 0.335. The molecule has 0 heterocycles. The molecular weight excluding hydrogens is 476 g/mol. The largest absolute Gasteiger partial charge is 0.493 e. The van der Waals surface area contributed by atoms with E-state index in [9.17, 15) is 10.1 Å². The zero-order chi connectivity index (χ0) is 27.4. The average Bonchev–Trinajstić information content (AvgIpc) is 2.87. The summed E-state index contributed by atoms with van der Waals surface area (Å²) in [7, 11) is 0. The van der Waals surface area contributed by atoms with E-state index in [1.165, 1.54) is 0 Å². The lowest BCUT2D eigenvalue weighted by atomic mass is 9.97. The fourth-order valence-corrected chi connectivity index (χ4v) is 3.94. The van der Waals surface area contributed by atoms with Gasteiger partial charge in [0.25, 0.3) is 0 Å². The number of ether oxygens (including phenoxy) is 3. The van der Waals surface area contributed by atoms with Gasteiger partial charge in [-0.3, -0.25) is 0 Å². The first kappa shape index (κ1) is 26.6. The van der Waals surface area contributed by atoms with Crippen molar-refractivity contribution in [2.45, 2.75) is 40.2 Å². The maximum Gasteiger partial charge on any atom is 0.339 e. The number of hydrogen-bond acceptors (Lipinski definition) is 6. The third kappa shape index (κ3) is 6.43. The Morgan fingerprint density at radius 3 is 2.32 bits per heavy atom. The van der Waals surface area contributed by atoms with Crippen LogP contribution in [0.25, 0.3) is 21.9 Å². The quantitative estimate of drug-likeness (QED) is 0.203. The van der Waals surface area contributed by atoms with Crippen molar-refractivity contribution in [1.82, 2.24) is 0 Å². The lowest BCUT2D eigenvalue weighted by molar-refractivity contribution is 0.00700. The molecule has 0 saturated heterocycles. The summed E-state index contributed by atoms with van der Waals surface area (Å²) in [4.78, 5) is 13.3. The monoisotopic (exact) mass is 508 g/mol. The number of nitriles is 1. The molecule has 194 valence electrons. The maximum absolute atomic E-state index is 13.3. The normalized spacial score (nSPS) is 11.3. The van der Waals surface area contributed by atoms with Crippen molar-refractivity contribution < 1.29 is 19.0 Å². The van der Waals surface area contributed by atoms with Gasteiger partial charge in [-0.05, 0) is 98.1 Å². The van der Waals surface area contributed by atoms with Crippen LogP contribution < -0.4 is 15.2 Å². The molecule has 0 radical (unpaired) electrons. The first-order valence-electron chi connectivity index (χ1n) is 12.5. The second kappa shape index (κ2) is 10.9. The highest BCUT2D eigenvalue weighted by molar-refractivity contribution is 5.99. The van der Waals surface area contributed by atoms with Crippen molar-refractivity contribution in [3.8, 4) is 34.4 Å². The Balaban J connectivity index is 1.77. The van der Waals surface area contributed by atoms with Crippen molar-refractivity contribution in [1.29, 1.82) is 5.26 Å². The van der Waals surface area contributed by atoms with Crippen LogP contribution in [0.4, 0.5) is 5.69 Å². The minimum atomic E-state index is -0.672. The Hall–Kier alpha value is -4.50. The fourth-order valence-electron chi connectivity index (χ4n) is 3.94. The first-order chi connectivity index (χ1) is 18.0. The number of hydrogen-bond donors (Lipinski definition) is 1. The Morgan fingerprint density at radius 1 is 0.895 bits per heavy atom. The van der Waals surface area contributed by atoms with Gasteiger partial charge < -0.3 is 19.9 Å². The highest BCUT2D eigenvalue weighted by Gasteiger charge is 2.23. The highest BCUT2D eigenvalue weighted by atomic mass is 16.6. The van der Waals surface area contributed by atoms with Crippen molar-refractivity contribution in [2.75, 3.05) is 12.3 Å². The number of nitrogens with two attached hydrogens (primary N) is 1. The SMILES string of the molecule is CC(C)COc1ccc(-c2cc(N)ccc2Oc2ccc3cc(C#N)ccc3c2)c(C(=O)OC(C)(C)C)c1. The van der Waals surface area contributed by atoms with Crippen molar-refractivity contribution in [3.63, 3.8) is 0 Å². The van der Waals surface area contributed by atoms with Crippen LogP contribution in [-0.2, 0) is 4.74 Å². The number of anilines is 1. The van der Waals surface area contributed by atoms with E-state index in [1.54, 1.807) is 30.3 Å². The predicted octanol–water partition coefficient (Wildman–Crippen LogP) is 7.74. The van der Waals surface area contributed by atoms with E-state index in [1.807, 2.05) is 63.2 Å². The molecule has 0 atom stereocenters. The molecule has 0 aliphatic heterocycles. The number of esters is 1. The lowest BCUT2D eigenvalue weighted by Gasteiger charge is -2.22. The molecule has 2 N–H and O–H groups in total. The average molecular weight is 509 g/mol. The molecule has 4 aromatic carbocycles. The second-order valence-corrected chi connectivity index (χ2v) is 10.6. The number of carbonyl (C=O) groups excluding carboxylic acids is 1.